The summed E-state index contributed by atoms with van der Waals surface area (Å²) in [5.41, 5.74) is 0.281. The van der Waals surface area contributed by atoms with Crippen molar-refractivity contribution in [3.05, 3.63) is 52.0 Å². The van der Waals surface area contributed by atoms with E-state index < -0.39 is 20.9 Å². The summed E-state index contributed by atoms with van der Waals surface area (Å²) >= 11 is 1.33. The highest BCUT2D eigenvalue weighted by Gasteiger charge is 2.34. The van der Waals surface area contributed by atoms with Crippen LogP contribution in [0.2, 0.25) is 0 Å². The molecule has 1 aliphatic carbocycles. The number of aryl methyl sites for hydroxylation is 1. The van der Waals surface area contributed by atoms with Gasteiger partial charge in [-0.25, -0.2) is 12.8 Å². The highest BCUT2D eigenvalue weighted by Crippen LogP contribution is 2.33. The Labute approximate surface area is 144 Å². The molecule has 1 aromatic heterocycles. The van der Waals surface area contributed by atoms with Gasteiger partial charge >= 0.3 is 0 Å². The minimum absolute atomic E-state index is 0.0183. The molecule has 0 saturated heterocycles. The maximum absolute atomic E-state index is 13.5. The number of carbonyl (C=O) groups is 1. The molecule has 2 aromatic rings. The topological polar surface area (TPSA) is 63.2 Å². The Morgan fingerprint density at radius 2 is 2.12 bits per heavy atom. The van der Waals surface area contributed by atoms with Gasteiger partial charge in [-0.2, -0.15) is 0 Å². The molecule has 1 N–H and O–H groups in total. The predicted octanol–water partition coefficient (Wildman–Crippen LogP) is 3.24. The molecule has 0 bridgehead atoms. The molecule has 1 amide bonds. The van der Waals surface area contributed by atoms with Crippen molar-refractivity contribution in [3.63, 3.8) is 0 Å². The molecule has 128 valence electrons. The zero-order chi connectivity index (χ0) is 17.3. The molecule has 1 atom stereocenters. The molecule has 1 aromatic carbocycles. The van der Waals surface area contributed by atoms with Gasteiger partial charge in [-0.1, -0.05) is 6.07 Å². The lowest BCUT2D eigenvalue weighted by atomic mass is 10.2. The number of carbonyl (C=O) groups excluding carboxylic acids is 1. The van der Waals surface area contributed by atoms with Crippen molar-refractivity contribution >= 4 is 27.1 Å². The van der Waals surface area contributed by atoms with E-state index in [2.05, 4.69) is 5.32 Å². The fourth-order valence-corrected chi connectivity index (χ4v) is 5.35. The van der Waals surface area contributed by atoms with Crippen molar-refractivity contribution in [1.82, 2.24) is 5.32 Å². The third-order valence-corrected chi connectivity index (χ3v) is 7.32. The molecule has 0 unspecified atom stereocenters. The number of hydrogen-bond acceptors (Lipinski definition) is 4. The van der Waals surface area contributed by atoms with Crippen LogP contribution in [-0.4, -0.2) is 20.9 Å². The van der Waals surface area contributed by atoms with E-state index in [4.69, 9.17) is 0 Å². The lowest BCUT2D eigenvalue weighted by Crippen LogP contribution is -2.32. The van der Waals surface area contributed by atoms with Crippen LogP contribution in [0.1, 0.15) is 28.5 Å². The third kappa shape index (κ3) is 3.52. The van der Waals surface area contributed by atoms with E-state index in [0.29, 0.717) is 4.88 Å². The minimum atomic E-state index is -3.74. The first-order valence-electron chi connectivity index (χ1n) is 7.71. The lowest BCUT2D eigenvalue weighted by Gasteiger charge is -2.18. The minimum Gasteiger partial charge on any atom is -0.354 e. The third-order valence-electron chi connectivity index (χ3n) is 4.10. The quantitative estimate of drug-likeness (QED) is 0.797. The van der Waals surface area contributed by atoms with Crippen LogP contribution in [0.25, 0.3) is 0 Å². The molecule has 24 heavy (non-hydrogen) atoms. The smallest absolute Gasteiger partial charge is 0.223 e. The summed E-state index contributed by atoms with van der Waals surface area (Å²) in [4.78, 5) is 12.6. The Morgan fingerprint density at radius 1 is 1.38 bits per heavy atom. The van der Waals surface area contributed by atoms with Crippen LogP contribution >= 0.6 is 11.3 Å². The first-order valence-corrected chi connectivity index (χ1v) is 10.1. The molecular weight excluding hydrogens is 349 g/mol. The molecule has 1 fully saturated rings. The molecule has 1 saturated carbocycles. The number of sulfone groups is 1. The maximum atomic E-state index is 13.5. The summed E-state index contributed by atoms with van der Waals surface area (Å²) in [6.07, 6.45) is 1.72. The van der Waals surface area contributed by atoms with Crippen LogP contribution in [0.5, 0.6) is 0 Å². The first-order chi connectivity index (χ1) is 11.4. The van der Waals surface area contributed by atoms with Crippen molar-refractivity contribution in [2.24, 2.45) is 5.92 Å². The van der Waals surface area contributed by atoms with E-state index in [0.717, 1.165) is 18.9 Å². The van der Waals surface area contributed by atoms with E-state index in [-0.39, 0.29) is 28.8 Å². The summed E-state index contributed by atoms with van der Waals surface area (Å²) in [5, 5.41) is 3.68. The number of amides is 1. The molecule has 1 heterocycles. The zero-order valence-corrected chi connectivity index (χ0v) is 14.8. The second kappa shape index (κ2) is 6.64. The van der Waals surface area contributed by atoms with E-state index in [9.17, 15) is 17.6 Å². The number of thiophene rings is 1. The molecule has 0 radical (unpaired) electrons. The van der Waals surface area contributed by atoms with Crippen LogP contribution in [0.4, 0.5) is 4.39 Å². The molecule has 4 nitrogen and oxygen atoms in total. The van der Waals surface area contributed by atoms with Crippen molar-refractivity contribution in [2.75, 3.05) is 6.54 Å². The molecule has 0 spiro atoms. The highest BCUT2D eigenvalue weighted by molar-refractivity contribution is 7.91. The van der Waals surface area contributed by atoms with Gasteiger partial charge in [0.05, 0.1) is 4.90 Å². The number of hydrogen-bond donors (Lipinski definition) is 1. The highest BCUT2D eigenvalue weighted by atomic mass is 32.2. The second-order valence-corrected chi connectivity index (χ2v) is 9.09. The van der Waals surface area contributed by atoms with E-state index in [1.54, 1.807) is 17.5 Å². The van der Waals surface area contributed by atoms with Crippen molar-refractivity contribution in [2.45, 2.75) is 29.9 Å². The van der Waals surface area contributed by atoms with E-state index in [1.165, 1.54) is 30.4 Å². The Kier molecular flexibility index (Phi) is 4.73. The van der Waals surface area contributed by atoms with Crippen molar-refractivity contribution in [1.29, 1.82) is 0 Å². The van der Waals surface area contributed by atoms with Gasteiger partial charge in [-0.15, -0.1) is 11.3 Å². The van der Waals surface area contributed by atoms with E-state index in [1.807, 2.05) is 0 Å². The molecule has 7 heteroatoms. The van der Waals surface area contributed by atoms with Gasteiger partial charge in [0.15, 0.2) is 9.84 Å². The number of benzene rings is 1. The fourth-order valence-electron chi connectivity index (χ4n) is 2.48. The SMILES string of the molecule is Cc1cc(S(=O)(=O)[C@@H](CNC(=O)C2CC2)c2cccs2)ccc1F. The van der Waals surface area contributed by atoms with Crippen LogP contribution < -0.4 is 5.32 Å². The summed E-state index contributed by atoms with van der Waals surface area (Å²) in [7, 11) is -3.74. The van der Waals surface area contributed by atoms with E-state index >= 15 is 0 Å². The van der Waals surface area contributed by atoms with Gasteiger partial charge in [0.25, 0.3) is 0 Å². The van der Waals surface area contributed by atoms with Crippen molar-refractivity contribution < 1.29 is 17.6 Å². The maximum Gasteiger partial charge on any atom is 0.223 e. The number of nitrogens with one attached hydrogen (secondary N) is 1. The Balaban J connectivity index is 1.90. The summed E-state index contributed by atoms with van der Waals surface area (Å²) < 4.78 is 39.5. The summed E-state index contributed by atoms with van der Waals surface area (Å²) in [5.74, 6) is -0.518. The summed E-state index contributed by atoms with van der Waals surface area (Å²) in [6.45, 7) is 1.55. The normalized spacial score (nSPS) is 15.9. The van der Waals surface area contributed by atoms with Crippen LogP contribution in [0.3, 0.4) is 0 Å². The predicted molar refractivity (Wildman–Crippen MR) is 91.1 cm³/mol. The molecule has 0 aliphatic heterocycles. The summed E-state index contributed by atoms with van der Waals surface area (Å²) in [6, 6.07) is 7.30. The monoisotopic (exact) mass is 367 g/mol. The fraction of sp³-hybridized carbons (Fsp3) is 0.353. The van der Waals surface area contributed by atoms with Crippen molar-refractivity contribution in [3.8, 4) is 0 Å². The largest absolute Gasteiger partial charge is 0.354 e. The first kappa shape index (κ1) is 17.1. The Bertz CT molecular complexity index is 843. The van der Waals surface area contributed by atoms with Crippen LogP contribution in [0, 0.1) is 18.7 Å². The van der Waals surface area contributed by atoms with Gasteiger partial charge in [0, 0.05) is 17.3 Å². The van der Waals surface area contributed by atoms with Gasteiger partial charge in [-0.3, -0.25) is 4.79 Å². The average molecular weight is 367 g/mol. The molecule has 3 rings (SSSR count). The lowest BCUT2D eigenvalue weighted by molar-refractivity contribution is -0.122. The van der Waals surface area contributed by atoms with Crippen LogP contribution in [-0.2, 0) is 14.6 Å². The molecule has 1 aliphatic rings. The van der Waals surface area contributed by atoms with Gasteiger partial charge in [0.2, 0.25) is 5.91 Å². The van der Waals surface area contributed by atoms with Crippen LogP contribution in [0.15, 0.2) is 40.6 Å². The molecular formula is C17H18FNO3S2. The average Bonchev–Trinajstić information content (AvgIpc) is 3.26. The standard InChI is InChI=1S/C17H18FNO3S2/c1-11-9-13(6-7-14(11)18)24(21,22)16(15-3-2-8-23-15)10-19-17(20)12-4-5-12/h2-3,6-9,12,16H,4-5,10H2,1H3,(H,19,20)/t16-/m0/s1. The van der Waals surface area contributed by atoms with Gasteiger partial charge in [0.1, 0.15) is 11.1 Å². The number of rotatable bonds is 6. The second-order valence-electron chi connectivity index (χ2n) is 5.98. The zero-order valence-electron chi connectivity index (χ0n) is 13.2. The Morgan fingerprint density at radius 3 is 2.71 bits per heavy atom. The van der Waals surface area contributed by atoms with Gasteiger partial charge < -0.3 is 5.32 Å². The Hall–Kier alpha value is -1.73. The number of halogens is 1. The van der Waals surface area contributed by atoms with Gasteiger partial charge in [-0.05, 0) is 55.0 Å².